The highest BCUT2D eigenvalue weighted by Crippen LogP contribution is 2.15. The van der Waals surface area contributed by atoms with Gasteiger partial charge in [-0.3, -0.25) is 24.9 Å². The quantitative estimate of drug-likeness (QED) is 0.125. The van der Waals surface area contributed by atoms with Gasteiger partial charge in [0.1, 0.15) is 19.0 Å². The first-order valence-electron chi connectivity index (χ1n) is 9.33. The van der Waals surface area contributed by atoms with Gasteiger partial charge < -0.3 is 10.1 Å². The lowest BCUT2D eigenvalue weighted by Gasteiger charge is -2.08. The first kappa shape index (κ1) is 22.9. The Bertz CT molecular complexity index is 840. The Hall–Kier alpha value is -3.35. The van der Waals surface area contributed by atoms with E-state index in [1.54, 1.807) is 48.8 Å². The lowest BCUT2D eigenvalue weighted by atomic mass is 10.2. The molecule has 30 heavy (non-hydrogen) atoms. The van der Waals surface area contributed by atoms with Crippen LogP contribution in [-0.4, -0.2) is 36.6 Å². The van der Waals surface area contributed by atoms with Crippen LogP contribution >= 0.6 is 11.6 Å². The van der Waals surface area contributed by atoms with Gasteiger partial charge in [-0.1, -0.05) is 11.6 Å². The maximum atomic E-state index is 11.8. The molecular formula is C20H23ClN6O3. The number of aliphatic imine (C=N–C) groups is 1. The summed E-state index contributed by atoms with van der Waals surface area (Å²) < 4.78 is 5.45. The highest BCUT2D eigenvalue weighted by Gasteiger charge is 2.02. The molecule has 1 aromatic carbocycles. The van der Waals surface area contributed by atoms with E-state index in [1.165, 1.54) is 0 Å². The highest BCUT2D eigenvalue weighted by atomic mass is 35.5. The van der Waals surface area contributed by atoms with Gasteiger partial charge in [-0.05, 0) is 49.2 Å². The molecule has 1 amide bonds. The molecule has 0 radical (unpaired) electrons. The summed E-state index contributed by atoms with van der Waals surface area (Å²) in [5.41, 5.74) is 3.15. The zero-order chi connectivity index (χ0) is 21.4. The third kappa shape index (κ3) is 9.73. The second kappa shape index (κ2) is 13.8. The van der Waals surface area contributed by atoms with Crippen molar-refractivity contribution >= 4 is 29.2 Å². The predicted octanol–water partition coefficient (Wildman–Crippen LogP) is 2.87. The van der Waals surface area contributed by atoms with E-state index in [9.17, 15) is 4.79 Å². The number of amides is 1. The number of nitrogens with zero attached hydrogens (tertiary/aromatic N) is 3. The number of nitriles is 1. The van der Waals surface area contributed by atoms with E-state index in [0.29, 0.717) is 49.1 Å². The first-order chi connectivity index (χ1) is 14.7. The van der Waals surface area contributed by atoms with Crippen molar-refractivity contribution in [3.8, 4) is 11.9 Å². The van der Waals surface area contributed by atoms with Crippen LogP contribution in [0.1, 0.15) is 19.3 Å². The van der Waals surface area contributed by atoms with E-state index in [1.807, 2.05) is 6.19 Å². The number of rotatable bonds is 11. The molecular weight excluding hydrogens is 408 g/mol. The van der Waals surface area contributed by atoms with Crippen LogP contribution in [0.25, 0.3) is 0 Å². The van der Waals surface area contributed by atoms with Crippen molar-refractivity contribution in [1.82, 2.24) is 15.8 Å². The number of carbonyl (C=O) groups is 1. The zero-order valence-corrected chi connectivity index (χ0v) is 17.1. The number of hydrogen-bond donors (Lipinski definition) is 3. The number of ether oxygens (including phenoxy) is 1. The summed E-state index contributed by atoms with van der Waals surface area (Å²) in [7, 11) is 0. The lowest BCUT2D eigenvalue weighted by molar-refractivity contribution is -0.134. The second-order valence-corrected chi connectivity index (χ2v) is 6.40. The van der Waals surface area contributed by atoms with Gasteiger partial charge in [0.2, 0.25) is 11.9 Å². The second-order valence-electron chi connectivity index (χ2n) is 5.96. The fraction of sp³-hybridized carbons (Fsp3) is 0.300. The van der Waals surface area contributed by atoms with Crippen LogP contribution in [0.2, 0.25) is 5.02 Å². The third-order valence-corrected chi connectivity index (χ3v) is 3.90. The van der Waals surface area contributed by atoms with Gasteiger partial charge in [0.15, 0.2) is 6.19 Å². The molecule has 0 fully saturated rings. The van der Waals surface area contributed by atoms with Crippen LogP contribution in [0, 0.1) is 11.5 Å². The van der Waals surface area contributed by atoms with E-state index < -0.39 is 0 Å². The number of carbonyl (C=O) groups excluding carboxylic acids is 1. The molecule has 0 saturated heterocycles. The van der Waals surface area contributed by atoms with E-state index in [4.69, 9.17) is 26.4 Å². The van der Waals surface area contributed by atoms with Crippen LogP contribution in [0.3, 0.4) is 0 Å². The van der Waals surface area contributed by atoms with Crippen molar-refractivity contribution in [2.75, 3.05) is 25.1 Å². The Labute approximate surface area is 180 Å². The van der Waals surface area contributed by atoms with Crippen molar-refractivity contribution in [3.63, 3.8) is 0 Å². The van der Waals surface area contributed by atoms with Gasteiger partial charge >= 0.3 is 0 Å². The minimum Gasteiger partial charge on any atom is -0.491 e. The van der Waals surface area contributed by atoms with Gasteiger partial charge in [-0.25, -0.2) is 5.48 Å². The van der Waals surface area contributed by atoms with Crippen molar-refractivity contribution in [2.24, 2.45) is 4.99 Å². The normalized spacial score (nSPS) is 10.7. The Morgan fingerprint density at radius 3 is 2.63 bits per heavy atom. The average Bonchev–Trinajstić information content (AvgIpc) is 2.75. The maximum absolute atomic E-state index is 11.8. The Balaban J connectivity index is 1.54. The average molecular weight is 431 g/mol. The van der Waals surface area contributed by atoms with E-state index in [0.717, 1.165) is 5.69 Å². The van der Waals surface area contributed by atoms with Gasteiger partial charge in [-0.15, -0.1) is 0 Å². The lowest BCUT2D eigenvalue weighted by Crippen LogP contribution is -2.27. The Kier molecular flexibility index (Phi) is 10.5. The molecule has 0 aliphatic carbocycles. The number of guanidine groups is 1. The molecule has 0 spiro atoms. The number of halogens is 1. The molecule has 0 atom stereocenters. The summed E-state index contributed by atoms with van der Waals surface area (Å²) in [4.78, 5) is 25.1. The fourth-order valence-corrected chi connectivity index (χ4v) is 2.36. The monoisotopic (exact) mass is 430 g/mol. The molecule has 0 unspecified atom stereocenters. The molecule has 2 aromatic rings. The van der Waals surface area contributed by atoms with Crippen LogP contribution in [-0.2, 0) is 9.63 Å². The number of unbranched alkanes of at least 4 members (excludes halogenated alkanes) is 1. The summed E-state index contributed by atoms with van der Waals surface area (Å²) >= 11 is 5.80. The summed E-state index contributed by atoms with van der Waals surface area (Å²) in [6.07, 6.45) is 6.74. The van der Waals surface area contributed by atoms with Crippen LogP contribution < -0.4 is 20.9 Å². The molecule has 0 saturated carbocycles. The van der Waals surface area contributed by atoms with Gasteiger partial charge in [-0.2, -0.15) is 5.26 Å². The number of anilines is 1. The van der Waals surface area contributed by atoms with E-state index in [-0.39, 0.29) is 12.5 Å². The van der Waals surface area contributed by atoms with Crippen molar-refractivity contribution in [1.29, 1.82) is 5.26 Å². The smallest absolute Gasteiger partial charge is 0.243 e. The molecule has 0 aliphatic heterocycles. The minimum absolute atomic E-state index is 0.212. The van der Waals surface area contributed by atoms with Crippen LogP contribution in [0.4, 0.5) is 5.69 Å². The summed E-state index contributed by atoms with van der Waals surface area (Å²) in [6.45, 7) is 0.990. The molecule has 1 heterocycles. The topological polar surface area (TPSA) is 121 Å². The molecule has 2 rings (SSSR count). The molecule has 3 N–H and O–H groups in total. The fourth-order valence-electron chi connectivity index (χ4n) is 2.24. The van der Waals surface area contributed by atoms with Crippen LogP contribution in [0.15, 0.2) is 53.8 Å². The number of hydroxylamine groups is 1. The molecule has 10 heteroatoms. The standard InChI is InChI=1S/C20H23ClN6O3/c21-16-4-6-18(7-5-16)29-13-14-30-27-19(28)3-1-2-10-24-20(25-15-22)26-17-8-11-23-12-9-17/h4-9,11-12H,1-3,10,13-14H2,(H,27,28)(H2,23,24,25,26). The van der Waals surface area contributed by atoms with Gasteiger partial charge in [0, 0.05) is 36.1 Å². The number of pyridine rings is 1. The predicted molar refractivity (Wildman–Crippen MR) is 114 cm³/mol. The number of aromatic nitrogens is 1. The zero-order valence-electron chi connectivity index (χ0n) is 16.3. The molecule has 1 aromatic heterocycles. The summed E-state index contributed by atoms with van der Waals surface area (Å²) in [5, 5.41) is 14.9. The molecule has 9 nitrogen and oxygen atoms in total. The largest absolute Gasteiger partial charge is 0.491 e. The van der Waals surface area contributed by atoms with E-state index >= 15 is 0 Å². The van der Waals surface area contributed by atoms with Crippen molar-refractivity contribution in [3.05, 3.63) is 53.8 Å². The summed E-state index contributed by atoms with van der Waals surface area (Å²) in [6, 6.07) is 10.5. The number of benzene rings is 1. The summed E-state index contributed by atoms with van der Waals surface area (Å²) in [5.74, 6) is 0.812. The minimum atomic E-state index is -0.212. The number of hydrogen-bond acceptors (Lipinski definition) is 6. The van der Waals surface area contributed by atoms with Crippen molar-refractivity contribution in [2.45, 2.75) is 19.3 Å². The SMILES string of the molecule is N#CNC(=NCCCCC(=O)NOCCOc1ccc(Cl)cc1)Nc1ccncc1. The Morgan fingerprint density at radius 1 is 1.13 bits per heavy atom. The third-order valence-electron chi connectivity index (χ3n) is 3.65. The van der Waals surface area contributed by atoms with Gasteiger partial charge in [0.05, 0.1) is 0 Å². The molecule has 0 aliphatic rings. The highest BCUT2D eigenvalue weighted by molar-refractivity contribution is 6.30. The first-order valence-corrected chi connectivity index (χ1v) is 9.71. The number of nitrogens with one attached hydrogen (secondary N) is 3. The molecule has 0 bridgehead atoms. The Morgan fingerprint density at radius 2 is 1.90 bits per heavy atom. The maximum Gasteiger partial charge on any atom is 0.243 e. The van der Waals surface area contributed by atoms with E-state index in [2.05, 4.69) is 26.1 Å². The molecule has 158 valence electrons. The van der Waals surface area contributed by atoms with Crippen molar-refractivity contribution < 1.29 is 14.4 Å². The van der Waals surface area contributed by atoms with Gasteiger partial charge in [0.25, 0.3) is 0 Å². The van der Waals surface area contributed by atoms with Crippen LogP contribution in [0.5, 0.6) is 5.75 Å².